The van der Waals surface area contributed by atoms with Gasteiger partial charge in [-0.25, -0.2) is 0 Å². The molecule has 55 heavy (non-hydrogen) atoms. The van der Waals surface area contributed by atoms with Crippen LogP contribution in [0.3, 0.4) is 0 Å². The number of ether oxygens (including phenoxy) is 5. The summed E-state index contributed by atoms with van der Waals surface area (Å²) in [6, 6.07) is 8.91. The third-order valence-corrected chi connectivity index (χ3v) is 7.18. The van der Waals surface area contributed by atoms with E-state index in [0.29, 0.717) is 12.8 Å². The normalized spacial score (nSPS) is 13.4. The number of aryl methyl sites for hydroxylation is 1. The molecule has 0 bridgehead atoms. The summed E-state index contributed by atoms with van der Waals surface area (Å²) in [6.45, 7) is 26.7. The Morgan fingerprint density at radius 1 is 0.473 bits per heavy atom. The first-order chi connectivity index (χ1) is 24.9. The van der Waals surface area contributed by atoms with Gasteiger partial charge in [0, 0.05) is 26.2 Å². The van der Waals surface area contributed by atoms with Gasteiger partial charge in [0.2, 0.25) is 0 Å². The zero-order valence-electron chi connectivity index (χ0n) is 36.5. The van der Waals surface area contributed by atoms with Crippen LogP contribution in [0.15, 0.2) is 30.3 Å². The molecule has 13 nitrogen and oxygen atoms in total. The van der Waals surface area contributed by atoms with Gasteiger partial charge in [0.05, 0.1) is 26.2 Å². The third-order valence-electron chi connectivity index (χ3n) is 7.18. The number of hydrogen-bond donors (Lipinski definition) is 0. The number of esters is 5. The Morgan fingerprint density at radius 3 is 1.22 bits per heavy atom. The highest BCUT2D eigenvalue weighted by molar-refractivity contribution is 5.78. The largest absolute Gasteiger partial charge is 0.459 e. The Bertz CT molecular complexity index is 1350. The van der Waals surface area contributed by atoms with E-state index in [1.54, 1.807) is 114 Å². The standard InChI is InChI=1S/C42H71N3O10/c1-38(2,3)51-33(46)27-43(23-24-44(28-34(47)52-39(4,5)6)29-35(48)53-40(7,8)9)25-26-45(30-36(49)54-41(10,11)12)32(37(50)55-42(13,14)15)22-21-31-19-17-16-18-20-31/h16-20,32H,21-30H2,1-15H3. The van der Waals surface area contributed by atoms with Crippen molar-refractivity contribution in [2.75, 3.05) is 52.4 Å². The van der Waals surface area contributed by atoms with Crippen LogP contribution in [0.4, 0.5) is 0 Å². The van der Waals surface area contributed by atoms with Gasteiger partial charge >= 0.3 is 29.8 Å². The fraction of sp³-hybridized carbons (Fsp3) is 0.738. The summed E-state index contributed by atoms with van der Waals surface area (Å²) in [4.78, 5) is 71.5. The molecule has 0 heterocycles. The van der Waals surface area contributed by atoms with Crippen molar-refractivity contribution in [1.29, 1.82) is 0 Å². The summed E-state index contributed by atoms with van der Waals surface area (Å²) >= 11 is 0. The van der Waals surface area contributed by atoms with Gasteiger partial charge < -0.3 is 23.7 Å². The molecule has 0 aliphatic rings. The van der Waals surface area contributed by atoms with E-state index in [0.717, 1.165) is 5.56 Å². The molecule has 1 aromatic rings. The van der Waals surface area contributed by atoms with Crippen LogP contribution in [0.25, 0.3) is 0 Å². The molecule has 0 N–H and O–H groups in total. The number of benzene rings is 1. The average Bonchev–Trinajstić information content (AvgIpc) is 2.93. The van der Waals surface area contributed by atoms with Crippen LogP contribution in [0.5, 0.6) is 0 Å². The lowest BCUT2D eigenvalue weighted by molar-refractivity contribution is -0.166. The molecule has 0 aromatic heterocycles. The number of nitrogens with zero attached hydrogens (tertiary/aromatic N) is 3. The first kappa shape index (κ1) is 49.5. The van der Waals surface area contributed by atoms with Crippen molar-refractivity contribution in [3.8, 4) is 0 Å². The molecule has 0 spiro atoms. The van der Waals surface area contributed by atoms with Crippen LogP contribution in [0.1, 0.15) is 116 Å². The molecule has 1 atom stereocenters. The lowest BCUT2D eigenvalue weighted by Crippen LogP contribution is -2.51. The first-order valence-electron chi connectivity index (χ1n) is 19.2. The number of carbonyl (C=O) groups excluding carboxylic acids is 5. The van der Waals surface area contributed by atoms with E-state index in [-0.39, 0.29) is 52.4 Å². The van der Waals surface area contributed by atoms with E-state index in [4.69, 9.17) is 23.7 Å². The van der Waals surface area contributed by atoms with Gasteiger partial charge in [-0.15, -0.1) is 0 Å². The summed E-state index contributed by atoms with van der Waals surface area (Å²) in [5.74, 6) is -2.51. The molecular weight excluding hydrogens is 706 g/mol. The lowest BCUT2D eigenvalue weighted by Gasteiger charge is -2.35. The molecule has 0 saturated carbocycles. The Kier molecular flexibility index (Phi) is 19.0. The second-order valence-electron chi connectivity index (χ2n) is 18.9. The summed E-state index contributed by atoms with van der Waals surface area (Å²) in [5.41, 5.74) is -2.74. The molecule has 13 heteroatoms. The summed E-state index contributed by atoms with van der Waals surface area (Å²) in [6.07, 6.45) is 0.898. The second kappa shape index (κ2) is 21.1. The summed E-state index contributed by atoms with van der Waals surface area (Å²) in [7, 11) is 0. The smallest absolute Gasteiger partial charge is 0.323 e. The highest BCUT2D eigenvalue weighted by atomic mass is 16.6. The molecular formula is C42H71N3O10. The minimum atomic E-state index is -0.828. The number of carbonyl (C=O) groups is 5. The van der Waals surface area contributed by atoms with Crippen LogP contribution in [0.2, 0.25) is 0 Å². The molecule has 314 valence electrons. The Hall–Kier alpha value is -3.55. The lowest BCUT2D eigenvalue weighted by atomic mass is 10.0. The maximum absolute atomic E-state index is 13.9. The van der Waals surface area contributed by atoms with Crippen molar-refractivity contribution >= 4 is 29.8 Å². The zero-order valence-corrected chi connectivity index (χ0v) is 36.5. The maximum atomic E-state index is 13.9. The third kappa shape index (κ3) is 25.3. The molecule has 0 fully saturated rings. The fourth-order valence-corrected chi connectivity index (χ4v) is 5.36. The average molecular weight is 778 g/mol. The van der Waals surface area contributed by atoms with Crippen molar-refractivity contribution in [2.45, 2.75) is 151 Å². The monoisotopic (exact) mass is 778 g/mol. The molecule has 1 aromatic carbocycles. The highest BCUT2D eigenvalue weighted by Crippen LogP contribution is 2.19. The van der Waals surface area contributed by atoms with Crippen molar-refractivity contribution in [1.82, 2.24) is 14.7 Å². The van der Waals surface area contributed by atoms with Gasteiger partial charge in [0.25, 0.3) is 0 Å². The Balaban J connectivity index is 3.53. The second-order valence-corrected chi connectivity index (χ2v) is 18.9. The van der Waals surface area contributed by atoms with Crippen molar-refractivity contribution < 1.29 is 47.7 Å². The van der Waals surface area contributed by atoms with Crippen LogP contribution in [-0.2, 0) is 54.1 Å². The predicted molar refractivity (Wildman–Crippen MR) is 212 cm³/mol. The molecule has 0 aliphatic heterocycles. The van der Waals surface area contributed by atoms with Crippen LogP contribution >= 0.6 is 0 Å². The quantitative estimate of drug-likeness (QED) is 0.127. The molecule has 0 radical (unpaired) electrons. The van der Waals surface area contributed by atoms with E-state index in [1.807, 2.05) is 35.2 Å². The fourth-order valence-electron chi connectivity index (χ4n) is 5.36. The van der Waals surface area contributed by atoms with E-state index in [2.05, 4.69) is 0 Å². The van der Waals surface area contributed by atoms with E-state index in [9.17, 15) is 24.0 Å². The number of hydrogen-bond acceptors (Lipinski definition) is 13. The minimum absolute atomic E-state index is 0.134. The molecule has 1 rings (SSSR count). The van der Waals surface area contributed by atoms with Crippen LogP contribution in [-0.4, -0.2) is 131 Å². The topological polar surface area (TPSA) is 141 Å². The first-order valence-corrected chi connectivity index (χ1v) is 19.2. The van der Waals surface area contributed by atoms with Gasteiger partial charge in [-0.05, 0) is 122 Å². The molecule has 0 aliphatic carbocycles. The van der Waals surface area contributed by atoms with Gasteiger partial charge in [-0.1, -0.05) is 30.3 Å². The minimum Gasteiger partial charge on any atom is -0.459 e. The van der Waals surface area contributed by atoms with E-state index in [1.165, 1.54) is 0 Å². The molecule has 1 unspecified atom stereocenters. The van der Waals surface area contributed by atoms with Gasteiger partial charge in [0.15, 0.2) is 0 Å². The SMILES string of the molecule is CC(C)(C)OC(=O)CN(CCN(CC(=O)OC(C)(C)C)CC(=O)OC(C)(C)C)CCN(CC(=O)OC(C)(C)C)C(CCc1ccccc1)C(=O)OC(C)(C)C. The Labute approximate surface area is 330 Å². The highest BCUT2D eigenvalue weighted by Gasteiger charge is 2.34. The molecule has 0 saturated heterocycles. The van der Waals surface area contributed by atoms with Crippen LogP contribution in [0, 0.1) is 0 Å². The summed E-state index contributed by atoms with van der Waals surface area (Å²) in [5, 5.41) is 0. The van der Waals surface area contributed by atoms with Gasteiger partial charge in [-0.2, -0.15) is 0 Å². The predicted octanol–water partition coefficient (Wildman–Crippen LogP) is 5.60. The van der Waals surface area contributed by atoms with Crippen molar-refractivity contribution in [2.24, 2.45) is 0 Å². The zero-order chi connectivity index (χ0) is 42.4. The van der Waals surface area contributed by atoms with E-state index >= 15 is 0 Å². The van der Waals surface area contributed by atoms with Gasteiger partial charge in [0.1, 0.15) is 34.0 Å². The van der Waals surface area contributed by atoms with E-state index < -0.39 is 63.9 Å². The maximum Gasteiger partial charge on any atom is 0.323 e. The summed E-state index contributed by atoms with van der Waals surface area (Å²) < 4.78 is 28.3. The molecule has 0 amide bonds. The number of rotatable bonds is 19. The van der Waals surface area contributed by atoms with Gasteiger partial charge in [-0.3, -0.25) is 38.7 Å². The van der Waals surface area contributed by atoms with Crippen molar-refractivity contribution in [3.63, 3.8) is 0 Å². The van der Waals surface area contributed by atoms with Crippen LogP contribution < -0.4 is 0 Å². The Morgan fingerprint density at radius 2 is 0.818 bits per heavy atom. The van der Waals surface area contributed by atoms with Crippen molar-refractivity contribution in [3.05, 3.63) is 35.9 Å².